The van der Waals surface area contributed by atoms with Crippen LogP contribution in [0.5, 0.6) is 0 Å². The van der Waals surface area contributed by atoms with Crippen molar-refractivity contribution in [3.8, 4) is 0 Å². The fraction of sp³-hybridized carbons (Fsp3) is 0.647. The highest BCUT2D eigenvalue weighted by Crippen LogP contribution is 2.21. The lowest BCUT2D eigenvalue weighted by Crippen LogP contribution is -2.31. The van der Waals surface area contributed by atoms with E-state index in [0.717, 1.165) is 13.0 Å². The molecule has 0 aromatic heterocycles. The molecule has 0 aliphatic rings. The Balaban J connectivity index is 2.85. The van der Waals surface area contributed by atoms with Crippen LogP contribution in [0.2, 0.25) is 0 Å². The summed E-state index contributed by atoms with van der Waals surface area (Å²) < 4.78 is 5.98. The van der Waals surface area contributed by atoms with Crippen LogP contribution in [0, 0.1) is 13.8 Å². The fourth-order valence-corrected chi connectivity index (χ4v) is 2.05. The van der Waals surface area contributed by atoms with Crippen molar-refractivity contribution in [2.24, 2.45) is 0 Å². The van der Waals surface area contributed by atoms with Gasteiger partial charge in [-0.05, 0) is 58.7 Å². The fourth-order valence-electron chi connectivity index (χ4n) is 2.05. The van der Waals surface area contributed by atoms with E-state index in [9.17, 15) is 0 Å². The molecule has 1 aromatic carbocycles. The maximum atomic E-state index is 5.98. The molecule has 1 atom stereocenters. The van der Waals surface area contributed by atoms with Crippen LogP contribution in [-0.2, 0) is 4.74 Å². The van der Waals surface area contributed by atoms with E-state index in [1.165, 1.54) is 16.7 Å². The summed E-state index contributed by atoms with van der Waals surface area (Å²) in [5.41, 5.74) is 3.90. The Morgan fingerprint density at radius 1 is 1.21 bits per heavy atom. The molecule has 19 heavy (non-hydrogen) atoms. The van der Waals surface area contributed by atoms with Crippen LogP contribution in [0.15, 0.2) is 18.2 Å². The van der Waals surface area contributed by atoms with Crippen molar-refractivity contribution in [1.29, 1.82) is 0 Å². The van der Waals surface area contributed by atoms with Gasteiger partial charge in [0.25, 0.3) is 0 Å². The number of ether oxygens (including phenoxy) is 1. The van der Waals surface area contributed by atoms with Crippen LogP contribution < -0.4 is 5.32 Å². The Morgan fingerprint density at radius 3 is 2.47 bits per heavy atom. The van der Waals surface area contributed by atoms with Gasteiger partial charge in [0.05, 0.1) is 18.2 Å². The molecule has 0 amide bonds. The SMILES string of the molecule is CCCNC(COC(C)(C)C)c1cc(C)ccc1C. The van der Waals surface area contributed by atoms with Crippen molar-refractivity contribution >= 4 is 0 Å². The zero-order valence-corrected chi connectivity index (χ0v) is 13.3. The summed E-state index contributed by atoms with van der Waals surface area (Å²) >= 11 is 0. The van der Waals surface area contributed by atoms with Crippen LogP contribution in [0.4, 0.5) is 0 Å². The third kappa shape index (κ3) is 5.75. The first-order valence-electron chi connectivity index (χ1n) is 7.28. The molecule has 0 spiro atoms. The van der Waals surface area contributed by atoms with Crippen molar-refractivity contribution in [1.82, 2.24) is 5.32 Å². The molecule has 0 aliphatic heterocycles. The largest absolute Gasteiger partial charge is 0.374 e. The second kappa shape index (κ2) is 7.06. The van der Waals surface area contributed by atoms with Crippen LogP contribution in [-0.4, -0.2) is 18.8 Å². The predicted octanol–water partition coefficient (Wildman–Crippen LogP) is 4.16. The molecule has 2 heteroatoms. The van der Waals surface area contributed by atoms with Gasteiger partial charge in [0.1, 0.15) is 0 Å². The molecule has 0 radical (unpaired) electrons. The van der Waals surface area contributed by atoms with Gasteiger partial charge in [0.15, 0.2) is 0 Å². The number of aryl methyl sites for hydroxylation is 2. The minimum atomic E-state index is -0.0934. The zero-order valence-electron chi connectivity index (χ0n) is 13.3. The lowest BCUT2D eigenvalue weighted by molar-refractivity contribution is -0.0148. The zero-order chi connectivity index (χ0) is 14.5. The quantitative estimate of drug-likeness (QED) is 0.832. The Hall–Kier alpha value is -0.860. The average molecular weight is 263 g/mol. The highest BCUT2D eigenvalue weighted by atomic mass is 16.5. The van der Waals surface area contributed by atoms with Gasteiger partial charge < -0.3 is 10.1 Å². The van der Waals surface area contributed by atoms with Crippen molar-refractivity contribution in [3.63, 3.8) is 0 Å². The molecule has 1 N–H and O–H groups in total. The van der Waals surface area contributed by atoms with Crippen molar-refractivity contribution in [2.75, 3.05) is 13.2 Å². The maximum absolute atomic E-state index is 5.98. The summed E-state index contributed by atoms with van der Waals surface area (Å²) in [4.78, 5) is 0. The van der Waals surface area contributed by atoms with Gasteiger partial charge in [-0.1, -0.05) is 30.7 Å². The highest BCUT2D eigenvalue weighted by Gasteiger charge is 2.18. The van der Waals surface area contributed by atoms with Gasteiger partial charge in [0.2, 0.25) is 0 Å². The Morgan fingerprint density at radius 2 is 1.89 bits per heavy atom. The molecule has 0 saturated heterocycles. The maximum Gasteiger partial charge on any atom is 0.0668 e. The van der Waals surface area contributed by atoms with E-state index in [4.69, 9.17) is 4.74 Å². The van der Waals surface area contributed by atoms with Crippen LogP contribution in [0.3, 0.4) is 0 Å². The number of hydrogen-bond acceptors (Lipinski definition) is 2. The third-order valence-corrected chi connectivity index (χ3v) is 3.13. The van der Waals surface area contributed by atoms with E-state index in [0.29, 0.717) is 6.61 Å². The van der Waals surface area contributed by atoms with Crippen LogP contribution >= 0.6 is 0 Å². The van der Waals surface area contributed by atoms with Crippen molar-refractivity contribution < 1.29 is 4.74 Å². The second-order valence-corrected chi connectivity index (χ2v) is 6.29. The summed E-state index contributed by atoms with van der Waals surface area (Å²) in [6.45, 7) is 14.6. The lowest BCUT2D eigenvalue weighted by atomic mass is 9.99. The van der Waals surface area contributed by atoms with Crippen LogP contribution in [0.25, 0.3) is 0 Å². The van der Waals surface area contributed by atoms with E-state index < -0.39 is 0 Å². The van der Waals surface area contributed by atoms with E-state index in [1.54, 1.807) is 0 Å². The minimum Gasteiger partial charge on any atom is -0.374 e. The summed E-state index contributed by atoms with van der Waals surface area (Å²) in [7, 11) is 0. The number of rotatable bonds is 6. The second-order valence-electron chi connectivity index (χ2n) is 6.29. The Bertz CT molecular complexity index is 393. The molecule has 0 bridgehead atoms. The van der Waals surface area contributed by atoms with E-state index in [2.05, 4.69) is 65.1 Å². The van der Waals surface area contributed by atoms with E-state index >= 15 is 0 Å². The summed E-state index contributed by atoms with van der Waals surface area (Å²) in [6.07, 6.45) is 1.14. The standard InChI is InChI=1S/C17H29NO/c1-7-10-18-16(12-19-17(4,5)6)15-11-13(2)8-9-14(15)3/h8-9,11,16,18H,7,10,12H2,1-6H3. The van der Waals surface area contributed by atoms with Gasteiger partial charge >= 0.3 is 0 Å². The normalized spacial score (nSPS) is 13.6. The first-order chi connectivity index (χ1) is 8.83. The molecular weight excluding hydrogens is 234 g/mol. The molecule has 0 saturated carbocycles. The first-order valence-corrected chi connectivity index (χ1v) is 7.28. The van der Waals surface area contributed by atoms with Gasteiger partial charge in [-0.25, -0.2) is 0 Å². The molecule has 1 aromatic rings. The Kier molecular flexibility index (Phi) is 6.02. The van der Waals surface area contributed by atoms with E-state index in [1.807, 2.05) is 0 Å². The molecular formula is C17H29NO. The first kappa shape index (κ1) is 16.2. The molecule has 1 rings (SSSR count). The monoisotopic (exact) mass is 263 g/mol. The topological polar surface area (TPSA) is 21.3 Å². The van der Waals surface area contributed by atoms with Crippen molar-refractivity contribution in [2.45, 2.75) is 59.6 Å². The summed E-state index contributed by atoms with van der Waals surface area (Å²) in [5.74, 6) is 0. The number of benzene rings is 1. The molecule has 2 nitrogen and oxygen atoms in total. The lowest BCUT2D eigenvalue weighted by Gasteiger charge is -2.26. The molecule has 1 unspecified atom stereocenters. The smallest absolute Gasteiger partial charge is 0.0668 e. The number of hydrogen-bond donors (Lipinski definition) is 1. The molecule has 0 aliphatic carbocycles. The Labute approximate surface area is 118 Å². The van der Waals surface area contributed by atoms with Gasteiger partial charge in [-0.2, -0.15) is 0 Å². The minimum absolute atomic E-state index is 0.0934. The third-order valence-electron chi connectivity index (χ3n) is 3.13. The van der Waals surface area contributed by atoms with E-state index in [-0.39, 0.29) is 11.6 Å². The molecule has 0 heterocycles. The molecule has 0 fully saturated rings. The highest BCUT2D eigenvalue weighted by molar-refractivity contribution is 5.33. The van der Waals surface area contributed by atoms with Crippen LogP contribution in [0.1, 0.15) is 56.8 Å². The molecule has 108 valence electrons. The summed E-state index contributed by atoms with van der Waals surface area (Å²) in [6, 6.07) is 6.91. The number of nitrogens with one attached hydrogen (secondary N) is 1. The summed E-state index contributed by atoms with van der Waals surface area (Å²) in [5, 5.41) is 3.60. The average Bonchev–Trinajstić information content (AvgIpc) is 2.32. The van der Waals surface area contributed by atoms with Gasteiger partial charge in [-0.15, -0.1) is 0 Å². The van der Waals surface area contributed by atoms with Gasteiger partial charge in [-0.3, -0.25) is 0 Å². The predicted molar refractivity (Wildman–Crippen MR) is 82.7 cm³/mol. The van der Waals surface area contributed by atoms with Crippen molar-refractivity contribution in [3.05, 3.63) is 34.9 Å². The van der Waals surface area contributed by atoms with Gasteiger partial charge in [0, 0.05) is 0 Å².